The monoisotopic (exact) mass is 665 g/mol. The van der Waals surface area contributed by atoms with Crippen LogP contribution in [0.4, 0.5) is 17.6 Å². The van der Waals surface area contributed by atoms with Crippen LogP contribution in [0.1, 0.15) is 138 Å². The summed E-state index contributed by atoms with van der Waals surface area (Å²) in [6, 6.07) is 3.02. The molecule has 0 amide bonds. The zero-order valence-corrected chi connectivity index (χ0v) is 29.6. The Kier molecular flexibility index (Phi) is 8.87. The summed E-state index contributed by atoms with van der Waals surface area (Å²) in [4.78, 5) is 17.8. The lowest BCUT2D eigenvalue weighted by atomic mass is 9.68. The molecule has 0 saturated carbocycles. The third kappa shape index (κ3) is 6.05. The summed E-state index contributed by atoms with van der Waals surface area (Å²) in [7, 11) is -2.38. The molecule has 2 aliphatic heterocycles. The van der Waals surface area contributed by atoms with Gasteiger partial charge in [-0.1, -0.05) is 54.5 Å². The fraction of sp³-hybridized carbons (Fsp3) is 0.657. The standard InChI is InChI=1S/C35H47F4NO5Si/c1-19(2)28-26-27(34(13-15-42-16-14-34)44-30(26)21-11-12-22(23(36)17-21)35(37,38)39)25-24(45-46(9,10)32(4,5)6)18-33(7,8)31(29(25)40-28)43-20(3)41/h11-12,17,19,24,30-31H,13-16,18H2,1-10H3/t24-,30+,31?/m0/s1. The molecule has 0 bridgehead atoms. The summed E-state index contributed by atoms with van der Waals surface area (Å²) in [5.41, 5.74) is 1.31. The van der Waals surface area contributed by atoms with Gasteiger partial charge < -0.3 is 18.6 Å². The van der Waals surface area contributed by atoms with Gasteiger partial charge in [-0.15, -0.1) is 0 Å². The van der Waals surface area contributed by atoms with Crippen LogP contribution in [0.3, 0.4) is 0 Å². The Bertz CT molecular complexity index is 1510. The highest BCUT2D eigenvalue weighted by Gasteiger charge is 2.56. The van der Waals surface area contributed by atoms with E-state index in [4.69, 9.17) is 23.6 Å². The molecule has 5 rings (SSSR count). The van der Waals surface area contributed by atoms with Crippen molar-refractivity contribution in [2.75, 3.05) is 13.2 Å². The molecule has 46 heavy (non-hydrogen) atoms. The number of aromatic nitrogens is 1. The lowest BCUT2D eigenvalue weighted by Gasteiger charge is -2.48. The summed E-state index contributed by atoms with van der Waals surface area (Å²) >= 11 is 0. The average Bonchev–Trinajstić information content (AvgIpc) is 3.22. The maximum atomic E-state index is 15.1. The molecule has 6 nitrogen and oxygen atoms in total. The lowest BCUT2D eigenvalue weighted by Crippen LogP contribution is -2.46. The highest BCUT2D eigenvalue weighted by atomic mass is 28.4. The molecular weight excluding hydrogens is 618 g/mol. The third-order valence-electron chi connectivity index (χ3n) is 10.4. The van der Waals surface area contributed by atoms with E-state index in [9.17, 15) is 18.0 Å². The Morgan fingerprint density at radius 2 is 1.72 bits per heavy atom. The van der Waals surface area contributed by atoms with Gasteiger partial charge in [-0.2, -0.15) is 13.2 Å². The van der Waals surface area contributed by atoms with Crippen LogP contribution in [0.2, 0.25) is 18.1 Å². The molecule has 0 radical (unpaired) electrons. The predicted molar refractivity (Wildman–Crippen MR) is 168 cm³/mol. The van der Waals surface area contributed by atoms with E-state index in [0.717, 1.165) is 28.8 Å². The second-order valence-corrected chi connectivity index (χ2v) is 20.4. The van der Waals surface area contributed by atoms with Gasteiger partial charge in [-0.05, 0) is 53.7 Å². The van der Waals surface area contributed by atoms with Crippen molar-refractivity contribution in [2.24, 2.45) is 5.41 Å². The maximum absolute atomic E-state index is 15.1. The van der Waals surface area contributed by atoms with Crippen LogP contribution in [0, 0.1) is 11.2 Å². The first-order valence-electron chi connectivity index (χ1n) is 16.1. The quantitative estimate of drug-likeness (QED) is 0.180. The SMILES string of the molecule is CC(=O)OC1c2nc(C(C)C)c3c(c2[C@@H](O[Si](C)(C)C(C)(C)C)CC1(C)C)C1(CCOCC1)O[C@@H]3c1ccc(C(F)(F)F)c(F)c1. The van der Waals surface area contributed by atoms with Gasteiger partial charge in [0.15, 0.2) is 8.32 Å². The van der Waals surface area contributed by atoms with Crippen molar-refractivity contribution in [1.82, 2.24) is 4.98 Å². The van der Waals surface area contributed by atoms with Gasteiger partial charge in [-0.25, -0.2) is 4.39 Å². The van der Waals surface area contributed by atoms with Gasteiger partial charge >= 0.3 is 12.1 Å². The van der Waals surface area contributed by atoms with Crippen molar-refractivity contribution in [3.63, 3.8) is 0 Å². The van der Waals surface area contributed by atoms with Gasteiger partial charge in [-0.3, -0.25) is 9.78 Å². The third-order valence-corrected chi connectivity index (χ3v) is 14.8. The van der Waals surface area contributed by atoms with Crippen molar-refractivity contribution in [3.8, 4) is 0 Å². The molecular formula is C35H47F4NO5Si. The van der Waals surface area contributed by atoms with Crippen LogP contribution in [0.5, 0.6) is 0 Å². The minimum atomic E-state index is -4.82. The number of fused-ring (bicyclic) bond motifs is 4. The summed E-state index contributed by atoms with van der Waals surface area (Å²) in [5, 5.41) is -0.105. The molecule has 1 fully saturated rings. The first kappa shape index (κ1) is 35.0. The molecule has 1 aromatic carbocycles. The Morgan fingerprint density at radius 3 is 2.24 bits per heavy atom. The van der Waals surface area contributed by atoms with Crippen molar-refractivity contribution in [1.29, 1.82) is 0 Å². The minimum absolute atomic E-state index is 0.105. The topological polar surface area (TPSA) is 66.9 Å². The van der Waals surface area contributed by atoms with Gasteiger partial charge in [0, 0.05) is 55.2 Å². The Balaban J connectivity index is 1.85. The van der Waals surface area contributed by atoms with E-state index in [1.807, 2.05) is 13.8 Å². The average molecular weight is 666 g/mol. The normalized spacial score (nSPS) is 24.2. The molecule has 1 aliphatic carbocycles. The van der Waals surface area contributed by atoms with Crippen LogP contribution in [-0.2, 0) is 35.2 Å². The van der Waals surface area contributed by atoms with Crippen LogP contribution in [-0.4, -0.2) is 32.5 Å². The molecule has 1 unspecified atom stereocenters. The number of ether oxygens (including phenoxy) is 3. The Hall–Kier alpha value is -2.34. The molecule has 1 aromatic heterocycles. The van der Waals surface area contributed by atoms with Crippen molar-refractivity contribution in [3.05, 3.63) is 63.2 Å². The van der Waals surface area contributed by atoms with E-state index >= 15 is 4.39 Å². The van der Waals surface area contributed by atoms with E-state index in [1.165, 1.54) is 13.0 Å². The number of alkyl halides is 3. The second kappa shape index (κ2) is 11.7. The molecule has 11 heteroatoms. The fourth-order valence-corrected chi connectivity index (χ4v) is 8.28. The molecule has 3 atom stereocenters. The number of halogens is 4. The molecule has 2 aromatic rings. The van der Waals surface area contributed by atoms with Gasteiger partial charge in [0.1, 0.15) is 18.0 Å². The first-order chi connectivity index (χ1) is 21.1. The minimum Gasteiger partial charge on any atom is -0.455 e. The van der Waals surface area contributed by atoms with Crippen LogP contribution >= 0.6 is 0 Å². The number of pyridine rings is 1. The highest BCUT2D eigenvalue weighted by molar-refractivity contribution is 6.74. The first-order valence-corrected chi connectivity index (χ1v) is 19.1. The Morgan fingerprint density at radius 1 is 1.09 bits per heavy atom. The van der Waals surface area contributed by atoms with Gasteiger partial charge in [0.05, 0.1) is 23.0 Å². The molecule has 0 N–H and O–H groups in total. The number of carbonyl (C=O) groups is 1. The molecule has 3 heterocycles. The van der Waals surface area contributed by atoms with E-state index in [0.29, 0.717) is 43.9 Å². The van der Waals surface area contributed by atoms with E-state index in [1.54, 1.807) is 0 Å². The van der Waals surface area contributed by atoms with E-state index in [-0.39, 0.29) is 16.5 Å². The maximum Gasteiger partial charge on any atom is 0.419 e. The number of carbonyl (C=O) groups excluding carboxylic acids is 1. The lowest BCUT2D eigenvalue weighted by molar-refractivity contribution is -0.156. The van der Waals surface area contributed by atoms with Gasteiger partial charge in [0.2, 0.25) is 0 Å². The number of nitrogens with zero attached hydrogens (tertiary/aromatic N) is 1. The summed E-state index contributed by atoms with van der Waals surface area (Å²) < 4.78 is 81.8. The summed E-state index contributed by atoms with van der Waals surface area (Å²) in [6.45, 7) is 21.2. The van der Waals surface area contributed by atoms with Crippen molar-refractivity contribution in [2.45, 2.75) is 129 Å². The zero-order valence-electron chi connectivity index (χ0n) is 28.6. The number of esters is 1. The summed E-state index contributed by atoms with van der Waals surface area (Å²) in [5.74, 6) is -1.91. The number of rotatable bonds is 5. The number of hydrogen-bond acceptors (Lipinski definition) is 6. The fourth-order valence-electron chi connectivity index (χ4n) is 7.02. The summed E-state index contributed by atoms with van der Waals surface area (Å²) in [6.07, 6.45) is -5.24. The molecule has 254 valence electrons. The van der Waals surface area contributed by atoms with Gasteiger partial charge in [0.25, 0.3) is 0 Å². The van der Waals surface area contributed by atoms with Crippen LogP contribution in [0.25, 0.3) is 0 Å². The Labute approximate surface area is 270 Å². The molecule has 3 aliphatic rings. The number of hydrogen-bond donors (Lipinski definition) is 0. The van der Waals surface area contributed by atoms with Crippen LogP contribution in [0.15, 0.2) is 18.2 Å². The van der Waals surface area contributed by atoms with Crippen molar-refractivity contribution < 1.29 is 41.0 Å². The predicted octanol–water partition coefficient (Wildman–Crippen LogP) is 9.59. The van der Waals surface area contributed by atoms with Crippen molar-refractivity contribution >= 4 is 14.3 Å². The van der Waals surface area contributed by atoms with E-state index < -0.39 is 61.2 Å². The molecule has 1 saturated heterocycles. The smallest absolute Gasteiger partial charge is 0.419 e. The molecule has 1 spiro atoms. The van der Waals surface area contributed by atoms with E-state index in [2.05, 4.69) is 47.7 Å². The zero-order chi connectivity index (χ0) is 34.2. The number of benzene rings is 1. The van der Waals surface area contributed by atoms with Crippen LogP contribution < -0.4 is 0 Å². The second-order valence-electron chi connectivity index (χ2n) is 15.6. The largest absolute Gasteiger partial charge is 0.455 e. The highest BCUT2D eigenvalue weighted by Crippen LogP contribution is 2.61.